The van der Waals surface area contributed by atoms with Crippen LogP contribution in [0.5, 0.6) is 5.75 Å². The van der Waals surface area contributed by atoms with Gasteiger partial charge in [-0.05, 0) is 76.3 Å². The third-order valence-corrected chi connectivity index (χ3v) is 8.29. The summed E-state index contributed by atoms with van der Waals surface area (Å²) in [6.07, 6.45) is 0. The standard InChI is InChI=1S/C33H31IN4O3S/c1-41-29-17-16-25(22-27(29)34)31(39)36-33(42)35-28-15-9-8-14-26(28)32(40)38-20-18-37(19-21-38)30(23-10-4-2-5-11-23)24-12-6-3-7-13-24/h2-17,22,30H,18-21H2,1H3,(H2,35,36,39,42). The molecule has 0 saturated carbocycles. The first-order valence-electron chi connectivity index (χ1n) is 13.6. The summed E-state index contributed by atoms with van der Waals surface area (Å²) in [5.74, 6) is 0.267. The van der Waals surface area contributed by atoms with Crippen molar-refractivity contribution in [1.82, 2.24) is 15.1 Å². The van der Waals surface area contributed by atoms with E-state index >= 15 is 0 Å². The highest BCUT2D eigenvalue weighted by Gasteiger charge is 2.29. The van der Waals surface area contributed by atoms with Crippen molar-refractivity contribution < 1.29 is 14.3 Å². The van der Waals surface area contributed by atoms with Gasteiger partial charge >= 0.3 is 0 Å². The van der Waals surface area contributed by atoms with Crippen molar-refractivity contribution in [3.63, 3.8) is 0 Å². The van der Waals surface area contributed by atoms with E-state index in [1.54, 1.807) is 37.4 Å². The van der Waals surface area contributed by atoms with Crippen LogP contribution in [0, 0.1) is 3.57 Å². The molecule has 0 atom stereocenters. The average molecular weight is 691 g/mol. The van der Waals surface area contributed by atoms with Crippen molar-refractivity contribution in [2.75, 3.05) is 38.6 Å². The second-order valence-corrected chi connectivity index (χ2v) is 11.4. The number of methoxy groups -OCH3 is 1. The Morgan fingerprint density at radius 1 is 0.833 bits per heavy atom. The topological polar surface area (TPSA) is 73.9 Å². The Hall–Kier alpha value is -3.80. The maximum Gasteiger partial charge on any atom is 0.257 e. The highest BCUT2D eigenvalue weighted by Crippen LogP contribution is 2.30. The van der Waals surface area contributed by atoms with Gasteiger partial charge < -0.3 is 15.0 Å². The van der Waals surface area contributed by atoms with Gasteiger partial charge in [-0.25, -0.2) is 0 Å². The summed E-state index contributed by atoms with van der Waals surface area (Å²) in [4.78, 5) is 30.8. The van der Waals surface area contributed by atoms with Gasteiger partial charge in [0.25, 0.3) is 11.8 Å². The van der Waals surface area contributed by atoms with E-state index in [0.29, 0.717) is 35.7 Å². The van der Waals surface area contributed by atoms with Crippen LogP contribution >= 0.6 is 34.8 Å². The van der Waals surface area contributed by atoms with Crippen LogP contribution in [-0.2, 0) is 0 Å². The Morgan fingerprint density at radius 2 is 1.43 bits per heavy atom. The summed E-state index contributed by atoms with van der Waals surface area (Å²) in [6.45, 7) is 2.68. The number of carbonyl (C=O) groups excluding carboxylic acids is 2. The van der Waals surface area contributed by atoms with Crippen LogP contribution in [0.15, 0.2) is 103 Å². The number of para-hydroxylation sites is 1. The van der Waals surface area contributed by atoms with Crippen LogP contribution < -0.4 is 15.4 Å². The van der Waals surface area contributed by atoms with Crippen LogP contribution in [0.25, 0.3) is 0 Å². The molecule has 0 unspecified atom stereocenters. The third kappa shape index (κ3) is 6.97. The normalized spacial score (nSPS) is 13.5. The molecule has 0 aliphatic carbocycles. The van der Waals surface area contributed by atoms with E-state index in [1.165, 1.54) is 11.1 Å². The number of hydrogen-bond acceptors (Lipinski definition) is 5. The van der Waals surface area contributed by atoms with Gasteiger partial charge in [-0.2, -0.15) is 0 Å². The number of nitrogens with zero attached hydrogens (tertiary/aromatic N) is 2. The molecule has 0 bridgehead atoms. The number of benzene rings is 4. The van der Waals surface area contributed by atoms with Crippen molar-refractivity contribution >= 4 is 57.4 Å². The second kappa shape index (κ2) is 13.9. The van der Waals surface area contributed by atoms with Crippen LogP contribution in [-0.4, -0.2) is 60.0 Å². The number of rotatable bonds is 7. The molecule has 1 heterocycles. The molecular formula is C33H31IN4O3S. The smallest absolute Gasteiger partial charge is 0.257 e. The summed E-state index contributed by atoms with van der Waals surface area (Å²) in [7, 11) is 1.58. The molecular weight excluding hydrogens is 659 g/mol. The molecule has 42 heavy (non-hydrogen) atoms. The number of nitrogens with one attached hydrogen (secondary N) is 2. The SMILES string of the molecule is COc1ccc(C(=O)NC(=S)Nc2ccccc2C(=O)N2CCN(C(c3ccccc3)c3ccccc3)CC2)cc1I. The second-order valence-electron chi connectivity index (χ2n) is 9.86. The molecule has 2 amide bonds. The van der Waals surface area contributed by atoms with Crippen molar-refractivity contribution in [3.05, 3.63) is 129 Å². The Labute approximate surface area is 265 Å². The fourth-order valence-corrected chi connectivity index (χ4v) is 6.09. The zero-order chi connectivity index (χ0) is 29.5. The molecule has 1 aliphatic heterocycles. The molecule has 1 fully saturated rings. The molecule has 2 N–H and O–H groups in total. The lowest BCUT2D eigenvalue weighted by Crippen LogP contribution is -2.50. The van der Waals surface area contributed by atoms with Crippen molar-refractivity contribution in [3.8, 4) is 5.75 Å². The van der Waals surface area contributed by atoms with Crippen LogP contribution in [0.2, 0.25) is 0 Å². The highest BCUT2D eigenvalue weighted by molar-refractivity contribution is 14.1. The molecule has 7 nitrogen and oxygen atoms in total. The van der Waals surface area contributed by atoms with Crippen LogP contribution in [0.1, 0.15) is 37.9 Å². The maximum atomic E-state index is 13.7. The molecule has 4 aromatic carbocycles. The zero-order valence-electron chi connectivity index (χ0n) is 23.1. The summed E-state index contributed by atoms with van der Waals surface area (Å²) < 4.78 is 6.08. The minimum Gasteiger partial charge on any atom is -0.496 e. The fourth-order valence-electron chi connectivity index (χ4n) is 5.15. The van der Waals surface area contributed by atoms with E-state index in [2.05, 4.69) is 86.7 Å². The largest absolute Gasteiger partial charge is 0.496 e. The third-order valence-electron chi connectivity index (χ3n) is 7.24. The van der Waals surface area contributed by atoms with Gasteiger partial charge in [0, 0.05) is 31.7 Å². The molecule has 1 saturated heterocycles. The first kappa shape index (κ1) is 29.7. The number of amides is 2. The van der Waals surface area contributed by atoms with Gasteiger partial charge in [0.1, 0.15) is 5.75 Å². The first-order chi connectivity index (χ1) is 20.4. The number of anilines is 1. The molecule has 1 aliphatic rings. The molecule has 9 heteroatoms. The lowest BCUT2D eigenvalue weighted by Gasteiger charge is -2.40. The molecule has 4 aromatic rings. The fraction of sp³-hybridized carbons (Fsp3) is 0.182. The van der Waals surface area contributed by atoms with E-state index in [9.17, 15) is 9.59 Å². The lowest BCUT2D eigenvalue weighted by molar-refractivity contribution is 0.0598. The molecule has 214 valence electrons. The predicted octanol–water partition coefficient (Wildman–Crippen LogP) is 5.97. The number of ether oxygens (including phenoxy) is 1. The summed E-state index contributed by atoms with van der Waals surface area (Å²) in [5.41, 5.74) is 3.97. The maximum absolute atomic E-state index is 13.7. The van der Waals surface area contributed by atoms with Gasteiger partial charge in [0.05, 0.1) is 28.0 Å². The van der Waals surface area contributed by atoms with Crippen LogP contribution in [0.4, 0.5) is 5.69 Å². The van der Waals surface area contributed by atoms with Gasteiger partial charge in [0.2, 0.25) is 0 Å². The van der Waals surface area contributed by atoms with Gasteiger partial charge in [0.15, 0.2) is 5.11 Å². The zero-order valence-corrected chi connectivity index (χ0v) is 26.1. The Bertz CT molecular complexity index is 1520. The van der Waals surface area contributed by atoms with Gasteiger partial charge in [-0.1, -0.05) is 72.8 Å². The van der Waals surface area contributed by atoms with Crippen molar-refractivity contribution in [2.45, 2.75) is 6.04 Å². The summed E-state index contributed by atoms with van der Waals surface area (Å²) >= 11 is 7.55. The quantitative estimate of drug-likeness (QED) is 0.184. The van der Waals surface area contributed by atoms with E-state index in [-0.39, 0.29) is 23.0 Å². The van der Waals surface area contributed by atoms with Crippen molar-refractivity contribution in [2.24, 2.45) is 0 Å². The average Bonchev–Trinajstić information content (AvgIpc) is 3.02. The Morgan fingerprint density at radius 3 is 2.02 bits per heavy atom. The molecule has 5 rings (SSSR count). The predicted molar refractivity (Wildman–Crippen MR) is 178 cm³/mol. The van der Waals surface area contributed by atoms with E-state index in [4.69, 9.17) is 17.0 Å². The van der Waals surface area contributed by atoms with Gasteiger partial charge in [-0.3, -0.25) is 19.8 Å². The summed E-state index contributed by atoms with van der Waals surface area (Å²) in [5, 5.41) is 5.88. The van der Waals surface area contributed by atoms with Gasteiger partial charge in [-0.15, -0.1) is 0 Å². The van der Waals surface area contributed by atoms with Crippen molar-refractivity contribution in [1.29, 1.82) is 0 Å². The summed E-state index contributed by atoms with van der Waals surface area (Å²) in [6, 6.07) is 33.5. The Balaban J connectivity index is 1.24. The van der Waals surface area contributed by atoms with E-state index < -0.39 is 0 Å². The minimum absolute atomic E-state index is 0.0763. The van der Waals surface area contributed by atoms with E-state index in [0.717, 1.165) is 16.7 Å². The van der Waals surface area contributed by atoms with E-state index in [1.807, 2.05) is 29.2 Å². The molecule has 0 radical (unpaired) electrons. The minimum atomic E-state index is -0.348. The molecule has 0 aromatic heterocycles. The monoisotopic (exact) mass is 690 g/mol. The first-order valence-corrected chi connectivity index (χ1v) is 15.1. The Kier molecular flexibility index (Phi) is 9.83. The number of halogens is 1. The number of thiocarbonyl (C=S) groups is 1. The highest BCUT2D eigenvalue weighted by atomic mass is 127. The number of carbonyl (C=O) groups is 2. The number of hydrogen-bond donors (Lipinski definition) is 2. The molecule has 0 spiro atoms. The number of piperazine rings is 1. The lowest BCUT2D eigenvalue weighted by atomic mass is 9.96. The van der Waals surface area contributed by atoms with Crippen LogP contribution in [0.3, 0.4) is 0 Å².